The summed E-state index contributed by atoms with van der Waals surface area (Å²) in [5.74, 6) is -1.51. The Morgan fingerprint density at radius 1 is 0.925 bits per heavy atom. The molecule has 1 unspecified atom stereocenters. The molecule has 0 heterocycles. The maximum absolute atomic E-state index is 15.0. The van der Waals surface area contributed by atoms with E-state index in [2.05, 4.69) is 5.32 Å². The first-order valence-electron chi connectivity index (χ1n) is 12.8. The summed E-state index contributed by atoms with van der Waals surface area (Å²) in [7, 11) is -4.78. The summed E-state index contributed by atoms with van der Waals surface area (Å²) in [6, 6.07) is 18.9. The highest BCUT2D eigenvalue weighted by atomic mass is 31.2. The van der Waals surface area contributed by atoms with E-state index in [0.717, 1.165) is 34.4 Å². The van der Waals surface area contributed by atoms with E-state index < -0.39 is 36.9 Å². The minimum absolute atomic E-state index is 0.00962. The topological polar surface area (TPSA) is 111 Å². The van der Waals surface area contributed by atoms with Crippen molar-refractivity contribution in [2.45, 2.75) is 37.9 Å². The van der Waals surface area contributed by atoms with E-state index in [9.17, 15) is 28.0 Å². The van der Waals surface area contributed by atoms with Crippen LogP contribution in [0.3, 0.4) is 0 Å². The number of carbonyl (C=O) groups excluding carboxylic acids is 1. The highest BCUT2D eigenvalue weighted by molar-refractivity contribution is 7.54. The predicted octanol–water partition coefficient (Wildman–Crippen LogP) is 6.54. The number of fused-ring (bicyclic) bond motifs is 3. The van der Waals surface area contributed by atoms with Gasteiger partial charge in [0.15, 0.2) is 0 Å². The lowest BCUT2D eigenvalue weighted by molar-refractivity contribution is -0.139. The van der Waals surface area contributed by atoms with Gasteiger partial charge >= 0.3 is 25.3 Å². The zero-order valence-electron chi connectivity index (χ0n) is 22.0. The van der Waals surface area contributed by atoms with Gasteiger partial charge in [-0.05, 0) is 41.7 Å². The molecule has 1 aliphatic rings. The molecular formula is C29H30F2NO7P. The van der Waals surface area contributed by atoms with Crippen LogP contribution in [0, 0.1) is 0 Å². The number of aliphatic carboxylic acids is 1. The summed E-state index contributed by atoms with van der Waals surface area (Å²) in [5, 5.41) is 12.0. The van der Waals surface area contributed by atoms with Crippen molar-refractivity contribution in [1.82, 2.24) is 5.32 Å². The number of alkyl halides is 2. The summed E-state index contributed by atoms with van der Waals surface area (Å²) in [6.45, 7) is 2.41. The van der Waals surface area contributed by atoms with Crippen molar-refractivity contribution < 1.29 is 41.8 Å². The Kier molecular flexibility index (Phi) is 9.03. The molecule has 0 bridgehead atoms. The van der Waals surface area contributed by atoms with Crippen molar-refractivity contribution in [3.05, 3.63) is 95.1 Å². The van der Waals surface area contributed by atoms with E-state index in [1.807, 2.05) is 48.5 Å². The molecule has 3 aromatic carbocycles. The van der Waals surface area contributed by atoms with Crippen LogP contribution in [0.25, 0.3) is 11.1 Å². The lowest BCUT2D eigenvalue weighted by atomic mass is 9.98. The fourth-order valence-electron chi connectivity index (χ4n) is 4.76. The SMILES string of the molecule is CCOP(=O)(OCC)C(F)(F)c1ccc(CC(NC(=O)OCC2c3ccccc3-c3ccccc32)C(=O)O)cc1. The molecule has 0 saturated heterocycles. The molecule has 0 saturated carbocycles. The van der Waals surface area contributed by atoms with Crippen LogP contribution in [-0.4, -0.2) is 43.0 Å². The zero-order valence-corrected chi connectivity index (χ0v) is 22.9. The first kappa shape index (κ1) is 29.4. The summed E-state index contributed by atoms with van der Waals surface area (Å²) in [6.07, 6.45) is -1.10. The normalized spacial score (nSPS) is 13.8. The van der Waals surface area contributed by atoms with Crippen molar-refractivity contribution in [2.24, 2.45) is 0 Å². The molecule has 0 aromatic heterocycles. The van der Waals surface area contributed by atoms with E-state index >= 15 is 0 Å². The molecule has 0 spiro atoms. The molecule has 11 heteroatoms. The molecule has 0 aliphatic heterocycles. The van der Waals surface area contributed by atoms with E-state index in [1.54, 1.807) is 0 Å². The van der Waals surface area contributed by atoms with Crippen LogP contribution in [0.15, 0.2) is 72.8 Å². The Morgan fingerprint density at radius 2 is 1.45 bits per heavy atom. The first-order chi connectivity index (χ1) is 19.1. The van der Waals surface area contributed by atoms with Crippen LogP contribution in [-0.2, 0) is 35.2 Å². The third kappa shape index (κ3) is 5.94. The van der Waals surface area contributed by atoms with Crippen LogP contribution in [0.1, 0.15) is 42.0 Å². The average molecular weight is 574 g/mol. The number of ether oxygens (including phenoxy) is 1. The van der Waals surface area contributed by atoms with Crippen LogP contribution in [0.4, 0.5) is 13.6 Å². The van der Waals surface area contributed by atoms with Gasteiger partial charge in [0.05, 0.1) is 13.2 Å². The smallest absolute Gasteiger partial charge is 0.407 e. The van der Waals surface area contributed by atoms with Gasteiger partial charge in [0.2, 0.25) is 0 Å². The van der Waals surface area contributed by atoms with E-state index in [-0.39, 0.29) is 32.2 Å². The predicted molar refractivity (Wildman–Crippen MR) is 145 cm³/mol. The van der Waals surface area contributed by atoms with Crippen LogP contribution in [0.5, 0.6) is 0 Å². The summed E-state index contributed by atoms with van der Waals surface area (Å²) in [4.78, 5) is 24.5. The number of carboxylic acid groups (broad SMARTS) is 1. The summed E-state index contributed by atoms with van der Waals surface area (Å²) >= 11 is 0. The molecule has 1 aliphatic carbocycles. The van der Waals surface area contributed by atoms with Gasteiger partial charge in [-0.1, -0.05) is 72.8 Å². The van der Waals surface area contributed by atoms with E-state index in [0.29, 0.717) is 5.56 Å². The number of amides is 1. The molecule has 40 heavy (non-hydrogen) atoms. The number of hydrogen-bond donors (Lipinski definition) is 2. The minimum Gasteiger partial charge on any atom is -0.480 e. The van der Waals surface area contributed by atoms with Gasteiger partial charge in [0.25, 0.3) is 0 Å². The standard InChI is InChI=1S/C29H30F2NO7P/c1-3-38-40(36,39-4-2)29(30,31)20-15-13-19(14-16-20)17-26(27(33)34)32-28(35)37-18-25-23-11-7-5-9-21(23)22-10-6-8-12-24(22)25/h5-16,25-26H,3-4,17-18H2,1-2H3,(H,32,35)(H,33,34). The van der Waals surface area contributed by atoms with Crippen molar-refractivity contribution >= 4 is 19.7 Å². The van der Waals surface area contributed by atoms with Gasteiger partial charge in [0.1, 0.15) is 12.6 Å². The molecule has 3 aromatic rings. The second-order valence-electron chi connectivity index (χ2n) is 9.14. The Morgan fingerprint density at radius 3 is 1.95 bits per heavy atom. The molecule has 4 rings (SSSR count). The van der Waals surface area contributed by atoms with Gasteiger partial charge in [-0.3, -0.25) is 4.57 Å². The van der Waals surface area contributed by atoms with Gasteiger partial charge < -0.3 is 24.2 Å². The molecule has 8 nitrogen and oxygen atoms in total. The van der Waals surface area contributed by atoms with Gasteiger partial charge in [0, 0.05) is 17.9 Å². The second kappa shape index (κ2) is 12.3. The molecule has 1 atom stereocenters. The number of halogens is 2. The Bertz CT molecular complexity index is 1360. The van der Waals surface area contributed by atoms with Crippen molar-refractivity contribution in [2.75, 3.05) is 19.8 Å². The van der Waals surface area contributed by atoms with Gasteiger partial charge in [-0.2, -0.15) is 8.78 Å². The van der Waals surface area contributed by atoms with E-state index in [4.69, 9.17) is 13.8 Å². The average Bonchev–Trinajstić information content (AvgIpc) is 3.25. The fourth-order valence-corrected chi connectivity index (χ4v) is 6.30. The van der Waals surface area contributed by atoms with Crippen molar-refractivity contribution in [1.29, 1.82) is 0 Å². The van der Waals surface area contributed by atoms with Crippen molar-refractivity contribution in [3.8, 4) is 11.1 Å². The van der Waals surface area contributed by atoms with Gasteiger partial charge in [-0.25, -0.2) is 9.59 Å². The first-order valence-corrected chi connectivity index (χ1v) is 14.4. The highest BCUT2D eigenvalue weighted by Gasteiger charge is 2.54. The summed E-state index contributed by atoms with van der Waals surface area (Å²) < 4.78 is 57.7. The Balaban J connectivity index is 1.41. The minimum atomic E-state index is -4.78. The number of alkyl carbamates (subject to hydrolysis) is 1. The number of hydrogen-bond acceptors (Lipinski definition) is 6. The third-order valence-electron chi connectivity index (χ3n) is 6.62. The number of carboxylic acids is 1. The number of rotatable bonds is 12. The van der Waals surface area contributed by atoms with Crippen LogP contribution >= 0.6 is 7.60 Å². The maximum atomic E-state index is 15.0. The van der Waals surface area contributed by atoms with Crippen LogP contribution < -0.4 is 5.32 Å². The monoisotopic (exact) mass is 573 g/mol. The largest absolute Gasteiger partial charge is 0.480 e. The number of carbonyl (C=O) groups is 2. The molecule has 212 valence electrons. The molecule has 0 radical (unpaired) electrons. The molecular weight excluding hydrogens is 543 g/mol. The highest BCUT2D eigenvalue weighted by Crippen LogP contribution is 2.66. The lowest BCUT2D eigenvalue weighted by Gasteiger charge is -2.26. The Hall–Kier alpha value is -3.59. The summed E-state index contributed by atoms with van der Waals surface area (Å²) in [5.41, 5.74) is -0.00969. The molecule has 1 amide bonds. The second-order valence-corrected chi connectivity index (χ2v) is 11.2. The maximum Gasteiger partial charge on any atom is 0.407 e. The van der Waals surface area contributed by atoms with E-state index in [1.165, 1.54) is 26.0 Å². The third-order valence-corrected chi connectivity index (χ3v) is 8.76. The van der Waals surface area contributed by atoms with Crippen molar-refractivity contribution in [3.63, 3.8) is 0 Å². The van der Waals surface area contributed by atoms with Gasteiger partial charge in [-0.15, -0.1) is 0 Å². The quantitative estimate of drug-likeness (QED) is 0.237. The van der Waals surface area contributed by atoms with Crippen LogP contribution in [0.2, 0.25) is 0 Å². The fraction of sp³-hybridized carbons (Fsp3) is 0.310. The lowest BCUT2D eigenvalue weighted by Crippen LogP contribution is -2.42. The number of nitrogens with one attached hydrogen (secondary N) is 1. The number of benzene rings is 3. The molecule has 0 fully saturated rings. The Labute approximate surface area is 230 Å². The molecule has 2 N–H and O–H groups in total. The zero-order chi connectivity index (χ0) is 28.9.